The minimum atomic E-state index is -0.421. The Morgan fingerprint density at radius 1 is 1.28 bits per heavy atom. The minimum absolute atomic E-state index is 0.190. The maximum atomic E-state index is 12.1. The van der Waals surface area contributed by atoms with Crippen LogP contribution in [0.3, 0.4) is 0 Å². The quantitative estimate of drug-likeness (QED) is 0.552. The second-order valence-corrected chi connectivity index (χ2v) is 6.93. The molecule has 0 saturated heterocycles. The van der Waals surface area contributed by atoms with E-state index < -0.39 is 5.97 Å². The van der Waals surface area contributed by atoms with Crippen molar-refractivity contribution in [2.75, 3.05) is 17.7 Å². The third-order valence-corrected chi connectivity index (χ3v) is 5.28. The number of thiazole rings is 1. The van der Waals surface area contributed by atoms with Crippen molar-refractivity contribution in [3.63, 3.8) is 0 Å². The molecule has 0 fully saturated rings. The standard InChI is InChI=1S/C15H21N5O3S2/c1-5-10-18-19-15(20(10)6-2)24-8-11(21)17-14-16-9(4)12(25-14)13(22)23-7-3/h5-8H2,1-4H3,(H,16,17,21). The van der Waals surface area contributed by atoms with E-state index in [1.54, 1.807) is 13.8 Å². The van der Waals surface area contributed by atoms with Crippen molar-refractivity contribution in [2.24, 2.45) is 0 Å². The highest BCUT2D eigenvalue weighted by atomic mass is 32.2. The van der Waals surface area contributed by atoms with E-state index in [2.05, 4.69) is 20.5 Å². The van der Waals surface area contributed by atoms with E-state index in [-0.39, 0.29) is 11.7 Å². The summed E-state index contributed by atoms with van der Waals surface area (Å²) >= 11 is 2.44. The van der Waals surface area contributed by atoms with Gasteiger partial charge in [-0.1, -0.05) is 30.0 Å². The Hall–Kier alpha value is -1.94. The molecule has 2 rings (SSSR count). The van der Waals surface area contributed by atoms with Crippen LogP contribution in [-0.4, -0.2) is 44.0 Å². The van der Waals surface area contributed by atoms with Gasteiger partial charge in [0.1, 0.15) is 10.7 Å². The van der Waals surface area contributed by atoms with Gasteiger partial charge in [-0.05, 0) is 20.8 Å². The number of ether oxygens (including phenoxy) is 1. The van der Waals surface area contributed by atoms with E-state index in [0.717, 1.165) is 35.3 Å². The molecule has 0 bridgehead atoms. The number of esters is 1. The van der Waals surface area contributed by atoms with Gasteiger partial charge in [0, 0.05) is 13.0 Å². The lowest BCUT2D eigenvalue weighted by Gasteiger charge is -2.05. The molecule has 0 aliphatic heterocycles. The largest absolute Gasteiger partial charge is 0.462 e. The summed E-state index contributed by atoms with van der Waals surface area (Å²) in [6.45, 7) is 8.54. The number of anilines is 1. The Balaban J connectivity index is 1.96. The van der Waals surface area contributed by atoms with Crippen molar-refractivity contribution in [3.8, 4) is 0 Å². The van der Waals surface area contributed by atoms with Crippen LogP contribution >= 0.6 is 23.1 Å². The SMILES string of the molecule is CCOC(=O)c1sc(NC(=O)CSc2nnc(CC)n2CC)nc1C. The van der Waals surface area contributed by atoms with Crippen molar-refractivity contribution < 1.29 is 14.3 Å². The molecule has 0 aromatic carbocycles. The van der Waals surface area contributed by atoms with Crippen molar-refractivity contribution in [1.29, 1.82) is 0 Å². The molecule has 2 heterocycles. The molecule has 1 amide bonds. The number of amides is 1. The lowest BCUT2D eigenvalue weighted by atomic mass is 10.4. The van der Waals surface area contributed by atoms with Gasteiger partial charge in [-0.3, -0.25) is 4.79 Å². The first-order chi connectivity index (χ1) is 12.0. The predicted molar refractivity (Wildman–Crippen MR) is 97.2 cm³/mol. The Kier molecular flexibility index (Phi) is 6.94. The number of rotatable bonds is 8. The van der Waals surface area contributed by atoms with E-state index >= 15 is 0 Å². The molecule has 0 saturated carbocycles. The van der Waals surface area contributed by atoms with E-state index in [0.29, 0.717) is 22.3 Å². The number of nitrogens with zero attached hydrogens (tertiary/aromatic N) is 4. The van der Waals surface area contributed by atoms with Crippen LogP contribution in [0.25, 0.3) is 0 Å². The molecular weight excluding hydrogens is 362 g/mol. The fourth-order valence-corrected chi connectivity index (χ4v) is 3.82. The van der Waals surface area contributed by atoms with Crippen molar-refractivity contribution >= 4 is 40.1 Å². The smallest absolute Gasteiger partial charge is 0.350 e. The van der Waals surface area contributed by atoms with Crippen LogP contribution < -0.4 is 5.32 Å². The average molecular weight is 383 g/mol. The molecule has 0 spiro atoms. The summed E-state index contributed by atoms with van der Waals surface area (Å²) in [5.41, 5.74) is 0.546. The lowest BCUT2D eigenvalue weighted by molar-refractivity contribution is -0.113. The van der Waals surface area contributed by atoms with Gasteiger partial charge in [-0.25, -0.2) is 9.78 Å². The molecule has 2 aromatic rings. The molecule has 0 radical (unpaired) electrons. The van der Waals surface area contributed by atoms with E-state index in [9.17, 15) is 9.59 Å². The number of nitrogens with one attached hydrogen (secondary N) is 1. The summed E-state index contributed by atoms with van der Waals surface area (Å²) in [4.78, 5) is 28.5. The summed E-state index contributed by atoms with van der Waals surface area (Å²) < 4.78 is 6.96. The number of aryl methyl sites for hydroxylation is 2. The van der Waals surface area contributed by atoms with Crippen LogP contribution in [0.5, 0.6) is 0 Å². The number of carbonyl (C=O) groups excluding carboxylic acids is 2. The van der Waals surface area contributed by atoms with Crippen molar-refractivity contribution in [2.45, 2.75) is 45.8 Å². The molecular formula is C15H21N5O3S2. The van der Waals surface area contributed by atoms with Gasteiger partial charge in [-0.15, -0.1) is 10.2 Å². The topological polar surface area (TPSA) is 99.0 Å². The normalized spacial score (nSPS) is 10.7. The highest BCUT2D eigenvalue weighted by Crippen LogP contribution is 2.24. The van der Waals surface area contributed by atoms with Gasteiger partial charge in [-0.2, -0.15) is 0 Å². The van der Waals surface area contributed by atoms with Crippen LogP contribution in [0.15, 0.2) is 5.16 Å². The number of hydrogen-bond acceptors (Lipinski definition) is 8. The van der Waals surface area contributed by atoms with Crippen molar-refractivity contribution in [3.05, 3.63) is 16.4 Å². The first kappa shape index (κ1) is 19.4. The predicted octanol–water partition coefficient (Wildman–Crippen LogP) is 2.53. The zero-order chi connectivity index (χ0) is 18.4. The van der Waals surface area contributed by atoms with Gasteiger partial charge >= 0.3 is 5.97 Å². The minimum Gasteiger partial charge on any atom is -0.462 e. The lowest BCUT2D eigenvalue weighted by Crippen LogP contribution is -2.14. The first-order valence-electron chi connectivity index (χ1n) is 7.99. The summed E-state index contributed by atoms with van der Waals surface area (Å²) in [6, 6.07) is 0. The van der Waals surface area contributed by atoms with Gasteiger partial charge in [0.25, 0.3) is 0 Å². The zero-order valence-electron chi connectivity index (χ0n) is 14.7. The molecule has 25 heavy (non-hydrogen) atoms. The van der Waals surface area contributed by atoms with E-state index in [1.807, 2.05) is 18.4 Å². The summed E-state index contributed by atoms with van der Waals surface area (Å²) in [6.07, 6.45) is 0.794. The number of hydrogen-bond donors (Lipinski definition) is 1. The summed E-state index contributed by atoms with van der Waals surface area (Å²) in [5.74, 6) is 0.461. The summed E-state index contributed by atoms with van der Waals surface area (Å²) in [7, 11) is 0. The van der Waals surface area contributed by atoms with Crippen LogP contribution in [0, 0.1) is 6.92 Å². The first-order valence-corrected chi connectivity index (χ1v) is 9.79. The van der Waals surface area contributed by atoms with E-state index in [1.165, 1.54) is 11.8 Å². The molecule has 8 nitrogen and oxygen atoms in total. The van der Waals surface area contributed by atoms with Crippen LogP contribution in [0.1, 0.15) is 42.0 Å². The number of carbonyl (C=O) groups is 2. The van der Waals surface area contributed by atoms with E-state index in [4.69, 9.17) is 4.74 Å². The zero-order valence-corrected chi connectivity index (χ0v) is 16.3. The molecule has 0 aliphatic rings. The second kappa shape index (κ2) is 8.95. The highest BCUT2D eigenvalue weighted by Gasteiger charge is 2.18. The molecule has 2 aromatic heterocycles. The third-order valence-electron chi connectivity index (χ3n) is 3.26. The fraction of sp³-hybridized carbons (Fsp3) is 0.533. The molecule has 10 heteroatoms. The van der Waals surface area contributed by atoms with Gasteiger partial charge in [0.05, 0.1) is 18.1 Å². The monoisotopic (exact) mass is 383 g/mol. The molecule has 136 valence electrons. The van der Waals surface area contributed by atoms with Crippen LogP contribution in [0.2, 0.25) is 0 Å². The number of aromatic nitrogens is 4. The summed E-state index contributed by atoms with van der Waals surface area (Å²) in [5, 5.41) is 12.1. The Morgan fingerprint density at radius 2 is 2.04 bits per heavy atom. The molecule has 1 N–H and O–H groups in total. The van der Waals surface area contributed by atoms with Crippen LogP contribution in [0.4, 0.5) is 5.13 Å². The average Bonchev–Trinajstić information content (AvgIpc) is 3.15. The maximum Gasteiger partial charge on any atom is 0.350 e. The Morgan fingerprint density at radius 3 is 2.68 bits per heavy atom. The Labute approximate surface area is 154 Å². The van der Waals surface area contributed by atoms with Crippen molar-refractivity contribution in [1.82, 2.24) is 19.7 Å². The number of thioether (sulfide) groups is 1. The van der Waals surface area contributed by atoms with Gasteiger partial charge in [0.2, 0.25) is 5.91 Å². The molecule has 0 unspecified atom stereocenters. The van der Waals surface area contributed by atoms with Gasteiger partial charge < -0.3 is 14.6 Å². The third kappa shape index (κ3) is 4.79. The molecule has 0 aliphatic carbocycles. The highest BCUT2D eigenvalue weighted by molar-refractivity contribution is 7.99. The van der Waals surface area contributed by atoms with Gasteiger partial charge in [0.15, 0.2) is 10.3 Å². The fourth-order valence-electron chi connectivity index (χ4n) is 2.13. The second-order valence-electron chi connectivity index (χ2n) is 4.99. The maximum absolute atomic E-state index is 12.1. The molecule has 0 atom stereocenters. The Bertz CT molecular complexity index is 756. The van der Waals surface area contributed by atoms with Crippen LogP contribution in [-0.2, 0) is 22.5 Å².